The van der Waals surface area contributed by atoms with Crippen molar-refractivity contribution in [2.45, 2.75) is 0 Å². The average Bonchev–Trinajstić information content (AvgIpc) is 3.13. The molecule has 0 fully saturated rings. The van der Waals surface area contributed by atoms with Gasteiger partial charge in [-0.3, -0.25) is 9.20 Å². The molecule has 1 N–H and O–H groups in total. The van der Waals surface area contributed by atoms with E-state index >= 15 is 0 Å². The van der Waals surface area contributed by atoms with Crippen LogP contribution in [0.5, 0.6) is 0 Å². The SMILES string of the molecule is O=c1c2cccc3c(Nc4ccccn4)ccc(c32)c2nc3ccccc3n12. The van der Waals surface area contributed by atoms with Crippen molar-refractivity contribution in [3.63, 3.8) is 0 Å². The summed E-state index contributed by atoms with van der Waals surface area (Å²) < 4.78 is 1.72. The molecule has 0 spiro atoms. The van der Waals surface area contributed by atoms with Crippen LogP contribution in [0.3, 0.4) is 0 Å². The maximum absolute atomic E-state index is 13.3. The van der Waals surface area contributed by atoms with Crippen LogP contribution in [0.4, 0.5) is 11.5 Å². The molecule has 0 atom stereocenters. The monoisotopic (exact) mass is 362 g/mol. The van der Waals surface area contributed by atoms with Crippen LogP contribution in [-0.4, -0.2) is 14.4 Å². The van der Waals surface area contributed by atoms with E-state index in [1.165, 1.54) is 0 Å². The maximum Gasteiger partial charge on any atom is 0.264 e. The number of rotatable bonds is 2. The fourth-order valence-corrected chi connectivity index (χ4v) is 3.99. The molecule has 6 aromatic rings. The summed E-state index contributed by atoms with van der Waals surface area (Å²) in [5.41, 5.74) is 3.22. The van der Waals surface area contributed by atoms with E-state index in [0.29, 0.717) is 11.0 Å². The summed E-state index contributed by atoms with van der Waals surface area (Å²) in [6.45, 7) is 0. The number of imidazole rings is 1. The molecule has 5 nitrogen and oxygen atoms in total. The number of hydrogen-bond acceptors (Lipinski definition) is 4. The maximum atomic E-state index is 13.3. The zero-order chi connectivity index (χ0) is 18.7. The van der Waals surface area contributed by atoms with Crippen LogP contribution in [0, 0.1) is 0 Å². The Balaban J connectivity index is 1.75. The number of para-hydroxylation sites is 2. The Hall–Kier alpha value is -3.99. The van der Waals surface area contributed by atoms with Crippen molar-refractivity contribution < 1.29 is 0 Å². The molecule has 3 heterocycles. The molecule has 0 saturated carbocycles. The first-order valence-corrected chi connectivity index (χ1v) is 9.07. The molecule has 0 aliphatic rings. The molecule has 3 aromatic heterocycles. The summed E-state index contributed by atoms with van der Waals surface area (Å²) in [5, 5.41) is 6.92. The first-order chi connectivity index (χ1) is 13.8. The highest BCUT2D eigenvalue weighted by molar-refractivity contribution is 6.19. The second kappa shape index (κ2) is 5.50. The summed E-state index contributed by atoms with van der Waals surface area (Å²) >= 11 is 0. The summed E-state index contributed by atoms with van der Waals surface area (Å²) in [6.07, 6.45) is 1.75. The number of nitrogens with zero attached hydrogens (tertiary/aromatic N) is 3. The molecule has 0 radical (unpaired) electrons. The number of fused-ring (bicyclic) bond motifs is 4. The number of benzene rings is 3. The highest BCUT2D eigenvalue weighted by atomic mass is 16.1. The molecule has 0 saturated heterocycles. The fourth-order valence-electron chi connectivity index (χ4n) is 3.99. The highest BCUT2D eigenvalue weighted by Crippen LogP contribution is 2.34. The van der Waals surface area contributed by atoms with Gasteiger partial charge >= 0.3 is 0 Å². The molecule has 0 aliphatic heterocycles. The van der Waals surface area contributed by atoms with E-state index in [1.807, 2.05) is 72.8 Å². The smallest absolute Gasteiger partial charge is 0.264 e. The quantitative estimate of drug-likeness (QED) is 0.484. The lowest BCUT2D eigenvalue weighted by Gasteiger charge is -2.12. The lowest BCUT2D eigenvalue weighted by molar-refractivity contribution is 1.19. The lowest BCUT2D eigenvalue weighted by Crippen LogP contribution is -2.13. The van der Waals surface area contributed by atoms with Gasteiger partial charge in [-0.1, -0.05) is 30.3 Å². The van der Waals surface area contributed by atoms with E-state index in [0.717, 1.165) is 38.7 Å². The van der Waals surface area contributed by atoms with Gasteiger partial charge in [-0.15, -0.1) is 0 Å². The van der Waals surface area contributed by atoms with Crippen LogP contribution >= 0.6 is 0 Å². The highest BCUT2D eigenvalue weighted by Gasteiger charge is 2.17. The zero-order valence-electron chi connectivity index (χ0n) is 14.8. The standard InChI is InChI=1S/C23H14N4O/c28-23-16-7-5-6-14-17(25-20-10-3-4-13-24-20)12-11-15(21(14)16)22-26-18-8-1-2-9-19(18)27(22)23/h1-13H,(H,24,25). The number of aromatic nitrogens is 3. The molecular formula is C23H14N4O. The van der Waals surface area contributed by atoms with Gasteiger partial charge in [-0.25, -0.2) is 9.97 Å². The molecule has 6 rings (SSSR count). The van der Waals surface area contributed by atoms with Gasteiger partial charge in [0, 0.05) is 33.4 Å². The lowest BCUT2D eigenvalue weighted by atomic mass is 10.0. The normalized spacial score (nSPS) is 11.7. The number of nitrogens with one attached hydrogen (secondary N) is 1. The van der Waals surface area contributed by atoms with E-state index < -0.39 is 0 Å². The Labute approximate surface area is 159 Å². The van der Waals surface area contributed by atoms with Crippen molar-refractivity contribution in [1.82, 2.24) is 14.4 Å². The van der Waals surface area contributed by atoms with Crippen molar-refractivity contribution in [3.05, 3.63) is 89.3 Å². The summed E-state index contributed by atoms with van der Waals surface area (Å²) in [5.74, 6) is 0.762. The molecule has 132 valence electrons. The van der Waals surface area contributed by atoms with E-state index in [2.05, 4.69) is 10.3 Å². The summed E-state index contributed by atoms with van der Waals surface area (Å²) in [4.78, 5) is 22.4. The van der Waals surface area contributed by atoms with Crippen molar-refractivity contribution in [3.8, 4) is 0 Å². The minimum atomic E-state index is -0.0446. The Bertz CT molecular complexity index is 1550. The van der Waals surface area contributed by atoms with Gasteiger partial charge in [0.05, 0.1) is 11.0 Å². The third-order valence-corrected chi connectivity index (χ3v) is 5.20. The molecule has 5 heteroatoms. The van der Waals surface area contributed by atoms with Gasteiger partial charge in [-0.2, -0.15) is 0 Å². The molecule has 28 heavy (non-hydrogen) atoms. The van der Waals surface area contributed by atoms with Crippen molar-refractivity contribution in [2.75, 3.05) is 5.32 Å². The third-order valence-electron chi connectivity index (χ3n) is 5.20. The zero-order valence-corrected chi connectivity index (χ0v) is 14.8. The van der Waals surface area contributed by atoms with Crippen LogP contribution < -0.4 is 10.9 Å². The van der Waals surface area contributed by atoms with E-state index in [-0.39, 0.29) is 5.56 Å². The summed E-state index contributed by atoms with van der Waals surface area (Å²) in [6, 6.07) is 23.4. The Morgan fingerprint density at radius 2 is 1.64 bits per heavy atom. The third kappa shape index (κ3) is 1.98. The largest absolute Gasteiger partial charge is 0.340 e. The molecule has 0 unspecified atom stereocenters. The van der Waals surface area contributed by atoms with Crippen LogP contribution in [0.15, 0.2) is 83.8 Å². The number of pyridine rings is 2. The van der Waals surface area contributed by atoms with Crippen molar-refractivity contribution >= 4 is 49.7 Å². The van der Waals surface area contributed by atoms with Crippen molar-refractivity contribution in [2.24, 2.45) is 0 Å². The molecule has 0 bridgehead atoms. The van der Waals surface area contributed by atoms with Crippen LogP contribution in [-0.2, 0) is 0 Å². The van der Waals surface area contributed by atoms with E-state index in [1.54, 1.807) is 10.6 Å². The number of hydrogen-bond donors (Lipinski definition) is 1. The second-order valence-corrected chi connectivity index (χ2v) is 6.79. The van der Waals surface area contributed by atoms with Gasteiger partial charge in [0.15, 0.2) is 0 Å². The van der Waals surface area contributed by atoms with Crippen molar-refractivity contribution in [1.29, 1.82) is 0 Å². The Morgan fingerprint density at radius 3 is 2.54 bits per heavy atom. The van der Waals surface area contributed by atoms with Gasteiger partial charge in [0.2, 0.25) is 0 Å². The predicted octanol–water partition coefficient (Wildman–Crippen LogP) is 4.73. The van der Waals surface area contributed by atoms with Gasteiger partial charge in [0.25, 0.3) is 5.56 Å². The molecule has 0 aliphatic carbocycles. The number of anilines is 2. The topological polar surface area (TPSA) is 59.3 Å². The molecular weight excluding hydrogens is 348 g/mol. The van der Waals surface area contributed by atoms with E-state index in [9.17, 15) is 4.79 Å². The minimum absolute atomic E-state index is 0.0446. The van der Waals surface area contributed by atoms with Gasteiger partial charge in [0.1, 0.15) is 11.5 Å². The molecule has 0 amide bonds. The second-order valence-electron chi connectivity index (χ2n) is 6.79. The Kier molecular flexibility index (Phi) is 2.97. The predicted molar refractivity (Wildman–Crippen MR) is 113 cm³/mol. The first-order valence-electron chi connectivity index (χ1n) is 9.07. The first kappa shape index (κ1) is 15.1. The van der Waals surface area contributed by atoms with Crippen LogP contribution in [0.1, 0.15) is 0 Å². The molecule has 3 aromatic carbocycles. The average molecular weight is 362 g/mol. The minimum Gasteiger partial charge on any atom is -0.340 e. The summed E-state index contributed by atoms with van der Waals surface area (Å²) in [7, 11) is 0. The Morgan fingerprint density at radius 1 is 0.786 bits per heavy atom. The van der Waals surface area contributed by atoms with Crippen LogP contribution in [0.25, 0.3) is 38.2 Å². The van der Waals surface area contributed by atoms with Gasteiger partial charge in [-0.05, 0) is 42.5 Å². The van der Waals surface area contributed by atoms with Crippen LogP contribution in [0.2, 0.25) is 0 Å². The van der Waals surface area contributed by atoms with E-state index in [4.69, 9.17) is 4.98 Å². The van der Waals surface area contributed by atoms with Gasteiger partial charge < -0.3 is 5.32 Å². The fraction of sp³-hybridized carbons (Fsp3) is 0.